The molecule has 0 N–H and O–H groups in total. The molecule has 1 amide bonds. The van der Waals surface area contributed by atoms with Crippen LogP contribution in [0.25, 0.3) is 0 Å². The highest BCUT2D eigenvalue weighted by molar-refractivity contribution is 5.96. The number of carbonyl (C=O) groups excluding carboxylic acids is 1. The Morgan fingerprint density at radius 1 is 1.17 bits per heavy atom. The number of alkyl halides is 2. The summed E-state index contributed by atoms with van der Waals surface area (Å²) in [6, 6.07) is 6.77. The molecule has 1 aliphatic rings. The van der Waals surface area contributed by atoms with Crippen LogP contribution < -0.4 is 14.4 Å². The van der Waals surface area contributed by atoms with Crippen LogP contribution >= 0.6 is 0 Å². The van der Waals surface area contributed by atoms with E-state index in [0.717, 1.165) is 24.5 Å². The number of amides is 1. The lowest BCUT2D eigenvalue weighted by Gasteiger charge is -2.23. The third-order valence-electron chi connectivity index (χ3n) is 4.41. The standard InChI is InChI=1S/C19H22F2N4O3.C2H2/c1-27-14-5-7-22-17(12-14)24-8-3-9-25(11-10-24)19(26)15-4-2-6-23-18(15)28-13-16(20)21;1-2/h2,4-7,12,16H,3,8-11,13H2,1H3;1-2H. The Labute approximate surface area is 174 Å². The van der Waals surface area contributed by atoms with Crippen molar-refractivity contribution in [3.63, 3.8) is 0 Å². The number of halogens is 2. The van der Waals surface area contributed by atoms with E-state index in [-0.39, 0.29) is 17.4 Å². The van der Waals surface area contributed by atoms with E-state index < -0.39 is 13.0 Å². The lowest BCUT2D eigenvalue weighted by Crippen LogP contribution is -2.35. The van der Waals surface area contributed by atoms with Gasteiger partial charge >= 0.3 is 0 Å². The minimum atomic E-state index is -2.63. The van der Waals surface area contributed by atoms with Gasteiger partial charge in [0.2, 0.25) is 5.88 Å². The van der Waals surface area contributed by atoms with Crippen LogP contribution in [0.5, 0.6) is 11.6 Å². The SMILES string of the molecule is C#C.COc1ccnc(N2CCCN(C(=O)c3cccnc3OCC(F)F)CC2)c1. The van der Waals surface area contributed by atoms with Gasteiger partial charge in [0, 0.05) is 44.6 Å². The number of aromatic nitrogens is 2. The molecule has 2 aromatic heterocycles. The minimum Gasteiger partial charge on any atom is -0.497 e. The van der Waals surface area contributed by atoms with E-state index in [4.69, 9.17) is 9.47 Å². The molecule has 3 rings (SSSR count). The van der Waals surface area contributed by atoms with Crippen LogP contribution in [0.3, 0.4) is 0 Å². The summed E-state index contributed by atoms with van der Waals surface area (Å²) in [7, 11) is 1.60. The van der Waals surface area contributed by atoms with Crippen LogP contribution in [0.1, 0.15) is 16.8 Å². The van der Waals surface area contributed by atoms with Gasteiger partial charge in [-0.05, 0) is 24.6 Å². The maximum Gasteiger partial charge on any atom is 0.272 e. The van der Waals surface area contributed by atoms with Crippen LogP contribution in [0.15, 0.2) is 36.7 Å². The van der Waals surface area contributed by atoms with Crippen LogP contribution in [0.2, 0.25) is 0 Å². The molecule has 160 valence electrons. The Balaban J connectivity index is 0.00000155. The Morgan fingerprint density at radius 2 is 1.97 bits per heavy atom. The zero-order valence-electron chi connectivity index (χ0n) is 16.7. The highest BCUT2D eigenvalue weighted by atomic mass is 19.3. The third-order valence-corrected chi connectivity index (χ3v) is 4.41. The van der Waals surface area contributed by atoms with Crippen molar-refractivity contribution < 1.29 is 23.0 Å². The fraction of sp³-hybridized carbons (Fsp3) is 0.381. The van der Waals surface area contributed by atoms with Gasteiger partial charge in [-0.1, -0.05) is 0 Å². The van der Waals surface area contributed by atoms with Crippen molar-refractivity contribution in [2.24, 2.45) is 0 Å². The summed E-state index contributed by atoms with van der Waals surface area (Å²) in [5, 5.41) is 0. The van der Waals surface area contributed by atoms with Gasteiger partial charge < -0.3 is 19.3 Å². The zero-order chi connectivity index (χ0) is 21.9. The van der Waals surface area contributed by atoms with Gasteiger partial charge in [0.15, 0.2) is 6.61 Å². The predicted molar refractivity (Wildman–Crippen MR) is 109 cm³/mol. The Kier molecular flexibility index (Phi) is 8.81. The second-order valence-corrected chi connectivity index (χ2v) is 6.24. The Morgan fingerprint density at radius 3 is 2.70 bits per heavy atom. The predicted octanol–water partition coefficient (Wildman–Crippen LogP) is 2.73. The van der Waals surface area contributed by atoms with E-state index in [0.29, 0.717) is 19.6 Å². The first-order chi connectivity index (χ1) is 14.6. The topological polar surface area (TPSA) is 67.8 Å². The molecular formula is C21H24F2N4O3. The van der Waals surface area contributed by atoms with Gasteiger partial charge in [-0.3, -0.25) is 4.79 Å². The molecule has 0 aliphatic carbocycles. The van der Waals surface area contributed by atoms with Crippen molar-refractivity contribution in [1.29, 1.82) is 0 Å². The summed E-state index contributed by atoms with van der Waals surface area (Å²) in [6.07, 6.45) is 9.21. The van der Waals surface area contributed by atoms with Crippen LogP contribution in [0, 0.1) is 12.8 Å². The number of terminal acetylenes is 1. The van der Waals surface area contributed by atoms with E-state index in [2.05, 4.69) is 27.7 Å². The summed E-state index contributed by atoms with van der Waals surface area (Å²) >= 11 is 0. The molecule has 9 heteroatoms. The van der Waals surface area contributed by atoms with Gasteiger partial charge in [-0.15, -0.1) is 12.8 Å². The van der Waals surface area contributed by atoms with E-state index in [1.807, 2.05) is 6.07 Å². The molecule has 7 nitrogen and oxygen atoms in total. The third kappa shape index (κ3) is 6.04. The molecule has 1 saturated heterocycles. The molecule has 1 fully saturated rings. The van der Waals surface area contributed by atoms with Gasteiger partial charge in [-0.25, -0.2) is 18.7 Å². The summed E-state index contributed by atoms with van der Waals surface area (Å²) in [6.45, 7) is 1.56. The fourth-order valence-electron chi connectivity index (χ4n) is 3.03. The van der Waals surface area contributed by atoms with Crippen molar-refractivity contribution in [3.8, 4) is 24.5 Å². The van der Waals surface area contributed by atoms with Crippen LogP contribution in [0.4, 0.5) is 14.6 Å². The minimum absolute atomic E-state index is 0.0663. The molecule has 1 aliphatic heterocycles. The number of nitrogens with zero attached hydrogens (tertiary/aromatic N) is 4. The first-order valence-corrected chi connectivity index (χ1v) is 9.32. The van der Waals surface area contributed by atoms with E-state index >= 15 is 0 Å². The normalized spacial score (nSPS) is 13.8. The van der Waals surface area contributed by atoms with Crippen LogP contribution in [-0.2, 0) is 0 Å². The molecule has 0 spiro atoms. The van der Waals surface area contributed by atoms with Crippen molar-refractivity contribution in [2.75, 3.05) is 44.8 Å². The number of anilines is 1. The van der Waals surface area contributed by atoms with E-state index in [9.17, 15) is 13.6 Å². The number of carbonyl (C=O) groups is 1. The largest absolute Gasteiger partial charge is 0.497 e. The molecule has 30 heavy (non-hydrogen) atoms. The molecule has 0 unspecified atom stereocenters. The second-order valence-electron chi connectivity index (χ2n) is 6.24. The monoisotopic (exact) mass is 418 g/mol. The van der Waals surface area contributed by atoms with Gasteiger partial charge in [0.25, 0.3) is 12.3 Å². The number of hydrogen-bond acceptors (Lipinski definition) is 6. The second kappa shape index (κ2) is 11.6. The van der Waals surface area contributed by atoms with Crippen molar-refractivity contribution in [3.05, 3.63) is 42.2 Å². The van der Waals surface area contributed by atoms with Crippen molar-refractivity contribution >= 4 is 11.7 Å². The molecular weight excluding hydrogens is 394 g/mol. The highest BCUT2D eigenvalue weighted by Gasteiger charge is 2.24. The van der Waals surface area contributed by atoms with E-state index in [1.54, 1.807) is 36.4 Å². The maximum atomic E-state index is 12.9. The Bertz CT molecular complexity index is 848. The average Bonchev–Trinajstić information content (AvgIpc) is 3.05. The number of methoxy groups -OCH3 is 1. The van der Waals surface area contributed by atoms with Crippen molar-refractivity contribution in [2.45, 2.75) is 12.8 Å². The summed E-state index contributed by atoms with van der Waals surface area (Å²) in [4.78, 5) is 25.0. The molecule has 2 aromatic rings. The molecule has 0 atom stereocenters. The lowest BCUT2D eigenvalue weighted by atomic mass is 10.2. The molecule has 3 heterocycles. The number of rotatable bonds is 6. The fourth-order valence-corrected chi connectivity index (χ4v) is 3.03. The first kappa shape index (κ1) is 22.9. The maximum absolute atomic E-state index is 12.9. The average molecular weight is 418 g/mol. The van der Waals surface area contributed by atoms with Gasteiger partial charge in [0.05, 0.1) is 7.11 Å². The number of pyridine rings is 2. The quantitative estimate of drug-likeness (QED) is 0.672. The molecule has 0 saturated carbocycles. The smallest absolute Gasteiger partial charge is 0.272 e. The zero-order valence-corrected chi connectivity index (χ0v) is 16.7. The van der Waals surface area contributed by atoms with E-state index in [1.165, 1.54) is 6.20 Å². The van der Waals surface area contributed by atoms with Crippen LogP contribution in [-0.4, -0.2) is 67.1 Å². The van der Waals surface area contributed by atoms with Gasteiger partial charge in [-0.2, -0.15) is 0 Å². The Hall–Kier alpha value is -3.41. The highest BCUT2D eigenvalue weighted by Crippen LogP contribution is 2.22. The molecule has 0 aromatic carbocycles. The summed E-state index contributed by atoms with van der Waals surface area (Å²) < 4.78 is 35.2. The molecule has 0 bridgehead atoms. The summed E-state index contributed by atoms with van der Waals surface area (Å²) in [5.74, 6) is 1.16. The first-order valence-electron chi connectivity index (χ1n) is 9.32. The number of ether oxygens (including phenoxy) is 2. The van der Waals surface area contributed by atoms with Crippen molar-refractivity contribution in [1.82, 2.24) is 14.9 Å². The van der Waals surface area contributed by atoms with Gasteiger partial charge in [0.1, 0.15) is 17.1 Å². The lowest BCUT2D eigenvalue weighted by molar-refractivity contribution is 0.0709. The molecule has 0 radical (unpaired) electrons. The number of hydrogen-bond donors (Lipinski definition) is 0. The summed E-state index contributed by atoms with van der Waals surface area (Å²) in [5.41, 5.74) is 0.191.